The van der Waals surface area contributed by atoms with Crippen molar-refractivity contribution in [2.75, 3.05) is 0 Å². The molecule has 0 saturated heterocycles. The first-order valence-electron chi connectivity index (χ1n) is 6.98. The molecule has 0 atom stereocenters. The summed E-state index contributed by atoms with van der Waals surface area (Å²) >= 11 is 0. The normalized spacial score (nSPS) is 14.8. The highest BCUT2D eigenvalue weighted by Gasteiger charge is 2.28. The molecule has 100 valence electrons. The van der Waals surface area contributed by atoms with Gasteiger partial charge in [0, 0.05) is 24.3 Å². The van der Waals surface area contributed by atoms with Crippen LogP contribution in [-0.2, 0) is 6.54 Å². The lowest BCUT2D eigenvalue weighted by molar-refractivity contribution is 0.775. The molecule has 0 unspecified atom stereocenters. The standard InChI is InChI=1S/C16H16N4/c17-9-11-1-3-12(4-2-11)16-19-14-10-18-8-7-15(14)20(16)13-5-6-13/h1-4,7-8,10,13H,5-6,9,17H2. The molecule has 3 aromatic rings. The summed E-state index contributed by atoms with van der Waals surface area (Å²) in [5.74, 6) is 1.04. The molecule has 2 heterocycles. The summed E-state index contributed by atoms with van der Waals surface area (Å²) in [7, 11) is 0. The van der Waals surface area contributed by atoms with Crippen LogP contribution in [0.4, 0.5) is 0 Å². The molecule has 0 bridgehead atoms. The Morgan fingerprint density at radius 3 is 2.65 bits per heavy atom. The van der Waals surface area contributed by atoms with Crippen LogP contribution in [0.1, 0.15) is 24.4 Å². The molecule has 1 fully saturated rings. The van der Waals surface area contributed by atoms with Crippen LogP contribution >= 0.6 is 0 Å². The van der Waals surface area contributed by atoms with Gasteiger partial charge in [0.15, 0.2) is 0 Å². The van der Waals surface area contributed by atoms with E-state index in [-0.39, 0.29) is 0 Å². The average Bonchev–Trinajstić information content (AvgIpc) is 3.27. The van der Waals surface area contributed by atoms with Crippen molar-refractivity contribution in [3.63, 3.8) is 0 Å². The fourth-order valence-electron chi connectivity index (χ4n) is 2.65. The zero-order valence-corrected chi connectivity index (χ0v) is 11.2. The van der Waals surface area contributed by atoms with E-state index in [0.29, 0.717) is 12.6 Å². The van der Waals surface area contributed by atoms with Crippen LogP contribution in [0, 0.1) is 0 Å². The van der Waals surface area contributed by atoms with Crippen molar-refractivity contribution in [2.45, 2.75) is 25.4 Å². The fourth-order valence-corrected chi connectivity index (χ4v) is 2.65. The third kappa shape index (κ3) is 1.80. The van der Waals surface area contributed by atoms with Gasteiger partial charge in [-0.3, -0.25) is 4.98 Å². The smallest absolute Gasteiger partial charge is 0.141 e. The first-order valence-corrected chi connectivity index (χ1v) is 6.98. The van der Waals surface area contributed by atoms with E-state index in [1.54, 1.807) is 0 Å². The molecular weight excluding hydrogens is 248 g/mol. The van der Waals surface area contributed by atoms with Crippen molar-refractivity contribution in [1.29, 1.82) is 0 Å². The Morgan fingerprint density at radius 2 is 1.95 bits per heavy atom. The van der Waals surface area contributed by atoms with Crippen LogP contribution in [0.15, 0.2) is 42.7 Å². The van der Waals surface area contributed by atoms with E-state index in [1.165, 1.54) is 18.4 Å². The zero-order valence-electron chi connectivity index (χ0n) is 11.2. The number of pyridine rings is 1. The van der Waals surface area contributed by atoms with Gasteiger partial charge < -0.3 is 10.3 Å². The lowest BCUT2D eigenvalue weighted by Gasteiger charge is -2.08. The SMILES string of the molecule is NCc1ccc(-c2nc3cnccc3n2C2CC2)cc1. The van der Waals surface area contributed by atoms with Crippen molar-refractivity contribution in [2.24, 2.45) is 5.73 Å². The van der Waals surface area contributed by atoms with Gasteiger partial charge >= 0.3 is 0 Å². The molecule has 0 spiro atoms. The number of fused-ring (bicyclic) bond motifs is 1. The number of nitrogens with two attached hydrogens (primary N) is 1. The predicted octanol–water partition coefficient (Wildman–Crippen LogP) is 2.89. The van der Waals surface area contributed by atoms with Crippen molar-refractivity contribution >= 4 is 11.0 Å². The molecule has 0 aliphatic heterocycles. The Hall–Kier alpha value is -2.20. The molecule has 4 heteroatoms. The molecular formula is C16H16N4. The molecule has 4 nitrogen and oxygen atoms in total. The molecule has 2 N–H and O–H groups in total. The summed E-state index contributed by atoms with van der Waals surface area (Å²) in [6.45, 7) is 0.573. The summed E-state index contributed by atoms with van der Waals surface area (Å²) in [5.41, 5.74) is 10.1. The monoisotopic (exact) mass is 264 g/mol. The van der Waals surface area contributed by atoms with E-state index in [4.69, 9.17) is 10.7 Å². The van der Waals surface area contributed by atoms with Gasteiger partial charge in [0.25, 0.3) is 0 Å². The Labute approximate surface area is 117 Å². The third-order valence-corrected chi connectivity index (χ3v) is 3.85. The quantitative estimate of drug-likeness (QED) is 0.791. The molecule has 2 aromatic heterocycles. The van der Waals surface area contributed by atoms with Gasteiger partial charge in [-0.15, -0.1) is 0 Å². The minimum atomic E-state index is 0.573. The lowest BCUT2D eigenvalue weighted by atomic mass is 10.1. The van der Waals surface area contributed by atoms with Crippen molar-refractivity contribution in [3.05, 3.63) is 48.3 Å². The summed E-state index contributed by atoms with van der Waals surface area (Å²) in [6, 6.07) is 11.0. The maximum absolute atomic E-state index is 5.66. The van der Waals surface area contributed by atoms with Gasteiger partial charge in [-0.05, 0) is 24.5 Å². The topological polar surface area (TPSA) is 56.7 Å². The van der Waals surface area contributed by atoms with Crippen molar-refractivity contribution in [1.82, 2.24) is 14.5 Å². The summed E-state index contributed by atoms with van der Waals surface area (Å²) in [4.78, 5) is 8.94. The average molecular weight is 264 g/mol. The van der Waals surface area contributed by atoms with Gasteiger partial charge in [0.2, 0.25) is 0 Å². The molecule has 1 saturated carbocycles. The number of aromatic nitrogens is 3. The van der Waals surface area contributed by atoms with E-state index in [2.05, 4.69) is 39.9 Å². The van der Waals surface area contributed by atoms with Gasteiger partial charge in [-0.25, -0.2) is 4.98 Å². The van der Waals surface area contributed by atoms with E-state index in [9.17, 15) is 0 Å². The zero-order chi connectivity index (χ0) is 13.5. The van der Waals surface area contributed by atoms with E-state index >= 15 is 0 Å². The second-order valence-electron chi connectivity index (χ2n) is 5.30. The van der Waals surface area contributed by atoms with Crippen LogP contribution in [0.5, 0.6) is 0 Å². The number of imidazole rings is 1. The number of hydrogen-bond acceptors (Lipinski definition) is 3. The first kappa shape index (κ1) is 11.6. The Bertz CT molecular complexity index is 754. The van der Waals surface area contributed by atoms with E-state index in [1.807, 2.05) is 12.4 Å². The maximum atomic E-state index is 5.66. The predicted molar refractivity (Wildman–Crippen MR) is 79.1 cm³/mol. The fraction of sp³-hybridized carbons (Fsp3) is 0.250. The highest BCUT2D eigenvalue weighted by molar-refractivity contribution is 5.80. The maximum Gasteiger partial charge on any atom is 0.141 e. The lowest BCUT2D eigenvalue weighted by Crippen LogP contribution is -1.99. The third-order valence-electron chi connectivity index (χ3n) is 3.85. The Balaban J connectivity index is 1.91. The minimum absolute atomic E-state index is 0.573. The molecule has 4 rings (SSSR count). The van der Waals surface area contributed by atoms with Crippen LogP contribution in [-0.4, -0.2) is 14.5 Å². The second kappa shape index (κ2) is 4.42. The summed E-state index contributed by atoms with van der Waals surface area (Å²) in [6.07, 6.45) is 6.15. The highest BCUT2D eigenvalue weighted by Crippen LogP contribution is 2.41. The molecule has 0 radical (unpaired) electrons. The van der Waals surface area contributed by atoms with Crippen LogP contribution in [0.25, 0.3) is 22.4 Å². The molecule has 1 aliphatic rings. The van der Waals surface area contributed by atoms with E-state index < -0.39 is 0 Å². The minimum Gasteiger partial charge on any atom is -0.326 e. The molecule has 20 heavy (non-hydrogen) atoms. The Kier molecular flexibility index (Phi) is 2.57. The van der Waals surface area contributed by atoms with Gasteiger partial charge in [0.1, 0.15) is 11.3 Å². The van der Waals surface area contributed by atoms with Crippen LogP contribution in [0.3, 0.4) is 0 Å². The van der Waals surface area contributed by atoms with Crippen molar-refractivity contribution in [3.8, 4) is 11.4 Å². The van der Waals surface area contributed by atoms with Gasteiger partial charge in [-0.2, -0.15) is 0 Å². The van der Waals surface area contributed by atoms with Crippen LogP contribution < -0.4 is 5.73 Å². The molecule has 0 amide bonds. The molecule has 1 aromatic carbocycles. The van der Waals surface area contributed by atoms with Crippen molar-refractivity contribution < 1.29 is 0 Å². The largest absolute Gasteiger partial charge is 0.326 e. The van der Waals surface area contributed by atoms with E-state index in [0.717, 1.165) is 22.5 Å². The number of hydrogen-bond donors (Lipinski definition) is 1. The summed E-state index contributed by atoms with van der Waals surface area (Å²) < 4.78 is 2.36. The first-order chi connectivity index (χ1) is 9.86. The highest BCUT2D eigenvalue weighted by atomic mass is 15.1. The number of rotatable bonds is 3. The van der Waals surface area contributed by atoms with Crippen LogP contribution in [0.2, 0.25) is 0 Å². The van der Waals surface area contributed by atoms with Gasteiger partial charge in [-0.1, -0.05) is 24.3 Å². The number of benzene rings is 1. The number of nitrogens with zero attached hydrogens (tertiary/aromatic N) is 3. The summed E-state index contributed by atoms with van der Waals surface area (Å²) in [5, 5.41) is 0. The second-order valence-corrected chi connectivity index (χ2v) is 5.30. The molecule has 1 aliphatic carbocycles. The van der Waals surface area contributed by atoms with Gasteiger partial charge in [0.05, 0.1) is 11.7 Å². The Morgan fingerprint density at radius 1 is 1.15 bits per heavy atom.